The summed E-state index contributed by atoms with van der Waals surface area (Å²) in [7, 11) is 0. The molecule has 0 radical (unpaired) electrons. The first-order valence-corrected chi connectivity index (χ1v) is 10.5. The Kier molecular flexibility index (Phi) is 6.95. The fourth-order valence-corrected chi connectivity index (χ4v) is 4.10. The van der Waals surface area contributed by atoms with Gasteiger partial charge < -0.3 is 9.73 Å². The molecule has 3 aromatic rings. The fraction of sp³-hybridized carbons (Fsp3) is 0.333. The van der Waals surface area contributed by atoms with Crippen LogP contribution in [0.3, 0.4) is 0 Å². The Bertz CT molecular complexity index is 1120. The van der Waals surface area contributed by atoms with Crippen LogP contribution in [-0.4, -0.2) is 30.4 Å². The minimum Gasteiger partial charge on any atom is -0.450 e. The Balaban J connectivity index is 1.89. The molecule has 0 spiro atoms. The quantitative estimate of drug-likeness (QED) is 0.585. The zero-order valence-corrected chi connectivity index (χ0v) is 18.5. The van der Waals surface area contributed by atoms with Crippen LogP contribution in [-0.2, 0) is 0 Å². The highest BCUT2D eigenvalue weighted by molar-refractivity contribution is 6.31. The Morgan fingerprint density at radius 1 is 1.13 bits per heavy atom. The second kappa shape index (κ2) is 9.45. The number of hydrogen-bond donors (Lipinski definition) is 1. The molecule has 158 valence electrons. The van der Waals surface area contributed by atoms with Gasteiger partial charge in [0.05, 0.1) is 11.4 Å². The predicted octanol–water partition coefficient (Wildman–Crippen LogP) is 4.88. The molecule has 1 amide bonds. The molecule has 1 heterocycles. The third-order valence-electron chi connectivity index (χ3n) is 5.36. The van der Waals surface area contributed by atoms with Crippen LogP contribution in [0.5, 0.6) is 0 Å². The number of carbonyl (C=O) groups excluding carboxylic acids is 1. The summed E-state index contributed by atoms with van der Waals surface area (Å²) in [5.74, 6) is -0.407. The van der Waals surface area contributed by atoms with E-state index in [9.17, 15) is 9.59 Å². The summed E-state index contributed by atoms with van der Waals surface area (Å²) < 4.78 is 5.81. The van der Waals surface area contributed by atoms with E-state index in [1.54, 1.807) is 6.07 Å². The molecule has 1 atom stereocenters. The maximum Gasteiger partial charge on any atom is 0.287 e. The molecule has 30 heavy (non-hydrogen) atoms. The molecule has 5 nitrogen and oxygen atoms in total. The first-order valence-electron chi connectivity index (χ1n) is 10.2. The highest BCUT2D eigenvalue weighted by Crippen LogP contribution is 2.27. The van der Waals surface area contributed by atoms with E-state index in [1.807, 2.05) is 44.2 Å². The van der Waals surface area contributed by atoms with Gasteiger partial charge >= 0.3 is 0 Å². The van der Waals surface area contributed by atoms with Gasteiger partial charge in [-0.05, 0) is 55.8 Å². The summed E-state index contributed by atoms with van der Waals surface area (Å²) in [6.45, 7) is 9.91. The molecular formula is C24H27ClN2O3. The van der Waals surface area contributed by atoms with Crippen molar-refractivity contribution in [3.05, 3.63) is 80.2 Å². The van der Waals surface area contributed by atoms with Gasteiger partial charge in [0.15, 0.2) is 11.2 Å². The molecule has 0 bridgehead atoms. The Morgan fingerprint density at radius 3 is 2.50 bits per heavy atom. The second-order valence-corrected chi connectivity index (χ2v) is 7.81. The third-order valence-corrected chi connectivity index (χ3v) is 5.70. The average molecular weight is 427 g/mol. The van der Waals surface area contributed by atoms with Crippen LogP contribution in [0.4, 0.5) is 0 Å². The average Bonchev–Trinajstić information content (AvgIpc) is 2.72. The van der Waals surface area contributed by atoms with Crippen molar-refractivity contribution < 1.29 is 9.21 Å². The largest absolute Gasteiger partial charge is 0.450 e. The summed E-state index contributed by atoms with van der Waals surface area (Å²) in [6, 6.07) is 12.5. The van der Waals surface area contributed by atoms with Gasteiger partial charge in [-0.2, -0.15) is 0 Å². The minimum atomic E-state index is -0.418. The number of amides is 1. The SMILES string of the molecule is CCN(CC)[C@H](CNC(=O)c1cc(=O)c2cc(C)cc(C)c2o1)c1ccccc1Cl. The number of hydrogen-bond acceptors (Lipinski definition) is 4. The van der Waals surface area contributed by atoms with Crippen molar-refractivity contribution in [2.45, 2.75) is 33.7 Å². The first kappa shape index (κ1) is 22.1. The van der Waals surface area contributed by atoms with E-state index in [-0.39, 0.29) is 17.2 Å². The standard InChI is InChI=1S/C24H27ClN2O3/c1-5-27(6-2)20(17-9-7-8-10-19(17)25)14-26-24(29)22-13-21(28)18-12-15(3)11-16(4)23(18)30-22/h7-13,20H,5-6,14H2,1-4H3,(H,26,29)/t20-/m1/s1. The summed E-state index contributed by atoms with van der Waals surface area (Å²) in [4.78, 5) is 27.6. The van der Waals surface area contributed by atoms with Crippen molar-refractivity contribution in [2.24, 2.45) is 0 Å². The summed E-state index contributed by atoms with van der Waals surface area (Å²) in [5.41, 5.74) is 2.99. The molecule has 0 saturated heterocycles. The zero-order chi connectivity index (χ0) is 21.8. The van der Waals surface area contributed by atoms with Gasteiger partial charge in [0.25, 0.3) is 5.91 Å². The molecule has 0 aliphatic carbocycles. The predicted molar refractivity (Wildman–Crippen MR) is 121 cm³/mol. The molecular weight excluding hydrogens is 400 g/mol. The number of benzene rings is 2. The third kappa shape index (κ3) is 4.58. The Hall–Kier alpha value is -2.63. The first-order chi connectivity index (χ1) is 14.3. The van der Waals surface area contributed by atoms with E-state index in [0.29, 0.717) is 22.5 Å². The Morgan fingerprint density at radius 2 is 1.83 bits per heavy atom. The molecule has 0 fully saturated rings. The number of carbonyl (C=O) groups is 1. The van der Waals surface area contributed by atoms with Crippen LogP contribution in [0, 0.1) is 13.8 Å². The highest BCUT2D eigenvalue weighted by Gasteiger charge is 2.22. The normalized spacial score (nSPS) is 12.3. The maximum absolute atomic E-state index is 12.8. The van der Waals surface area contributed by atoms with Gasteiger partial charge in [-0.15, -0.1) is 0 Å². The molecule has 2 aromatic carbocycles. The molecule has 1 N–H and O–H groups in total. The van der Waals surface area contributed by atoms with Crippen LogP contribution in [0.15, 0.2) is 51.7 Å². The molecule has 0 aliphatic heterocycles. The number of likely N-dealkylation sites (N-methyl/N-ethyl adjacent to an activating group) is 1. The monoisotopic (exact) mass is 426 g/mol. The number of halogens is 1. The highest BCUT2D eigenvalue weighted by atomic mass is 35.5. The minimum absolute atomic E-state index is 0.0110. The van der Waals surface area contributed by atoms with Gasteiger partial charge in [0, 0.05) is 17.6 Å². The lowest BCUT2D eigenvalue weighted by Gasteiger charge is -2.30. The molecule has 0 aliphatic rings. The lowest BCUT2D eigenvalue weighted by atomic mass is 10.0. The number of nitrogens with one attached hydrogen (secondary N) is 1. The van der Waals surface area contributed by atoms with Crippen molar-refractivity contribution in [1.29, 1.82) is 0 Å². The zero-order valence-electron chi connectivity index (χ0n) is 17.8. The molecule has 1 aromatic heterocycles. The van der Waals surface area contributed by atoms with E-state index in [0.717, 1.165) is 29.8 Å². The fourth-order valence-electron chi connectivity index (χ4n) is 3.84. The van der Waals surface area contributed by atoms with Crippen molar-refractivity contribution in [3.63, 3.8) is 0 Å². The van der Waals surface area contributed by atoms with E-state index in [1.165, 1.54) is 6.07 Å². The number of fused-ring (bicyclic) bond motifs is 1. The van der Waals surface area contributed by atoms with Gasteiger partial charge in [-0.1, -0.05) is 49.7 Å². The van der Waals surface area contributed by atoms with Crippen LogP contribution >= 0.6 is 11.6 Å². The van der Waals surface area contributed by atoms with Crippen molar-refractivity contribution >= 4 is 28.5 Å². The van der Waals surface area contributed by atoms with Crippen molar-refractivity contribution in [1.82, 2.24) is 10.2 Å². The van der Waals surface area contributed by atoms with Gasteiger partial charge in [0.2, 0.25) is 0 Å². The van der Waals surface area contributed by atoms with E-state index in [4.69, 9.17) is 16.0 Å². The number of aryl methyl sites for hydroxylation is 2. The van der Waals surface area contributed by atoms with Crippen LogP contribution in [0.25, 0.3) is 11.0 Å². The van der Waals surface area contributed by atoms with Crippen LogP contribution < -0.4 is 10.7 Å². The second-order valence-electron chi connectivity index (χ2n) is 7.40. The van der Waals surface area contributed by atoms with Gasteiger partial charge in [-0.3, -0.25) is 14.5 Å². The maximum atomic E-state index is 12.8. The molecule has 6 heteroatoms. The van der Waals surface area contributed by atoms with Crippen molar-refractivity contribution in [2.75, 3.05) is 19.6 Å². The smallest absolute Gasteiger partial charge is 0.287 e. The van der Waals surface area contributed by atoms with E-state index >= 15 is 0 Å². The topological polar surface area (TPSA) is 62.6 Å². The lowest BCUT2D eigenvalue weighted by molar-refractivity contribution is 0.0908. The van der Waals surface area contributed by atoms with E-state index < -0.39 is 5.91 Å². The molecule has 3 rings (SSSR count). The van der Waals surface area contributed by atoms with Crippen LogP contribution in [0.1, 0.15) is 47.1 Å². The molecule has 0 saturated carbocycles. The summed E-state index contributed by atoms with van der Waals surface area (Å²) in [5, 5.41) is 4.07. The molecule has 0 unspecified atom stereocenters. The lowest BCUT2D eigenvalue weighted by Crippen LogP contribution is -2.38. The Labute approximate surface area is 181 Å². The summed E-state index contributed by atoms with van der Waals surface area (Å²) >= 11 is 6.43. The van der Waals surface area contributed by atoms with Gasteiger partial charge in [-0.25, -0.2) is 0 Å². The summed E-state index contributed by atoms with van der Waals surface area (Å²) in [6.07, 6.45) is 0. The van der Waals surface area contributed by atoms with Crippen molar-refractivity contribution in [3.8, 4) is 0 Å². The van der Waals surface area contributed by atoms with E-state index in [2.05, 4.69) is 24.1 Å². The van der Waals surface area contributed by atoms with Crippen LogP contribution in [0.2, 0.25) is 5.02 Å². The number of rotatable bonds is 7. The van der Waals surface area contributed by atoms with Gasteiger partial charge in [0.1, 0.15) is 5.58 Å². The number of nitrogens with zero attached hydrogens (tertiary/aromatic N) is 1.